The van der Waals surface area contributed by atoms with Crippen molar-refractivity contribution >= 4 is 11.0 Å². The van der Waals surface area contributed by atoms with Gasteiger partial charge in [-0.1, -0.05) is 42.5 Å². The average Bonchev–Trinajstić information content (AvgIpc) is 2.86. The topological polar surface area (TPSA) is 43.8 Å². The van der Waals surface area contributed by atoms with Crippen molar-refractivity contribution in [2.75, 3.05) is 6.54 Å². The van der Waals surface area contributed by atoms with Crippen LogP contribution in [-0.4, -0.2) is 16.1 Å². The monoisotopic (exact) mass is 265 g/mol. The summed E-state index contributed by atoms with van der Waals surface area (Å²) in [5.74, 6) is 1.06. The summed E-state index contributed by atoms with van der Waals surface area (Å²) in [5.41, 5.74) is 9.24. The Labute approximate surface area is 119 Å². The van der Waals surface area contributed by atoms with E-state index >= 15 is 0 Å². The first-order valence-corrected chi connectivity index (χ1v) is 7.02. The third-order valence-electron chi connectivity index (χ3n) is 3.71. The number of benzene rings is 2. The highest BCUT2D eigenvalue weighted by molar-refractivity contribution is 5.76. The summed E-state index contributed by atoms with van der Waals surface area (Å²) < 4.78 is 2.30. The van der Waals surface area contributed by atoms with E-state index in [1.807, 2.05) is 12.1 Å². The van der Waals surface area contributed by atoms with Crippen molar-refractivity contribution in [3.8, 4) is 0 Å². The lowest BCUT2D eigenvalue weighted by molar-refractivity contribution is 0.617. The molecule has 1 atom stereocenters. The molecule has 1 heterocycles. The molecule has 0 aliphatic heterocycles. The van der Waals surface area contributed by atoms with E-state index in [1.165, 1.54) is 11.1 Å². The molecule has 0 aliphatic rings. The summed E-state index contributed by atoms with van der Waals surface area (Å²) in [6.07, 6.45) is 0.797. The van der Waals surface area contributed by atoms with E-state index in [9.17, 15) is 0 Å². The zero-order valence-electron chi connectivity index (χ0n) is 11.7. The number of nitrogens with two attached hydrogens (primary N) is 1. The van der Waals surface area contributed by atoms with Gasteiger partial charge in [0.2, 0.25) is 0 Å². The molecule has 0 amide bonds. The van der Waals surface area contributed by atoms with Crippen LogP contribution in [-0.2, 0) is 6.42 Å². The first-order chi connectivity index (χ1) is 9.81. The molecular weight excluding hydrogens is 246 g/mol. The molecule has 3 aromatic rings. The molecule has 1 aromatic heterocycles. The largest absolute Gasteiger partial charge is 0.330 e. The van der Waals surface area contributed by atoms with Gasteiger partial charge in [-0.3, -0.25) is 0 Å². The molecule has 0 radical (unpaired) electrons. The van der Waals surface area contributed by atoms with Crippen LogP contribution >= 0.6 is 0 Å². The maximum atomic E-state index is 5.74. The van der Waals surface area contributed by atoms with Crippen molar-refractivity contribution in [1.82, 2.24) is 9.55 Å². The van der Waals surface area contributed by atoms with Gasteiger partial charge in [0.15, 0.2) is 0 Å². The van der Waals surface area contributed by atoms with Crippen LogP contribution in [0.4, 0.5) is 0 Å². The number of imidazole rings is 1. The number of fused-ring (bicyclic) bond motifs is 1. The second-order valence-corrected chi connectivity index (χ2v) is 5.01. The first kappa shape index (κ1) is 12.9. The molecule has 20 heavy (non-hydrogen) atoms. The van der Waals surface area contributed by atoms with E-state index in [4.69, 9.17) is 10.7 Å². The summed E-state index contributed by atoms with van der Waals surface area (Å²) in [6.45, 7) is 2.83. The van der Waals surface area contributed by atoms with Gasteiger partial charge in [-0.2, -0.15) is 0 Å². The van der Waals surface area contributed by atoms with E-state index in [0.29, 0.717) is 6.54 Å². The first-order valence-electron chi connectivity index (χ1n) is 7.02. The molecule has 3 heteroatoms. The van der Waals surface area contributed by atoms with Crippen molar-refractivity contribution in [2.45, 2.75) is 19.4 Å². The molecule has 0 spiro atoms. The molecule has 102 valence electrons. The van der Waals surface area contributed by atoms with Crippen LogP contribution in [0.15, 0.2) is 54.6 Å². The molecule has 1 unspecified atom stereocenters. The molecule has 3 nitrogen and oxygen atoms in total. The van der Waals surface area contributed by atoms with Gasteiger partial charge in [0.25, 0.3) is 0 Å². The lowest BCUT2D eigenvalue weighted by Crippen LogP contribution is -2.14. The van der Waals surface area contributed by atoms with Crippen LogP contribution in [0.25, 0.3) is 11.0 Å². The zero-order valence-corrected chi connectivity index (χ0v) is 11.7. The van der Waals surface area contributed by atoms with Gasteiger partial charge in [0, 0.05) is 6.42 Å². The van der Waals surface area contributed by atoms with Crippen LogP contribution in [0.2, 0.25) is 0 Å². The Morgan fingerprint density at radius 3 is 2.50 bits per heavy atom. The van der Waals surface area contributed by atoms with Gasteiger partial charge >= 0.3 is 0 Å². The van der Waals surface area contributed by atoms with Crippen LogP contribution in [0.3, 0.4) is 0 Å². The Hall–Kier alpha value is -2.13. The second-order valence-electron chi connectivity index (χ2n) is 5.01. The summed E-state index contributed by atoms with van der Waals surface area (Å²) in [6, 6.07) is 19.0. The number of nitrogens with zero attached hydrogens (tertiary/aromatic N) is 2. The highest BCUT2D eigenvalue weighted by Gasteiger charge is 2.16. The van der Waals surface area contributed by atoms with Crippen LogP contribution in [0.5, 0.6) is 0 Å². The van der Waals surface area contributed by atoms with Gasteiger partial charge in [0.05, 0.1) is 17.1 Å². The number of para-hydroxylation sites is 2. The molecule has 0 aliphatic carbocycles. The Balaban J connectivity index is 2.15. The van der Waals surface area contributed by atoms with Crippen molar-refractivity contribution in [3.63, 3.8) is 0 Å². The predicted molar refractivity (Wildman–Crippen MR) is 82.7 cm³/mol. The third kappa shape index (κ3) is 2.21. The highest BCUT2D eigenvalue weighted by Crippen LogP contribution is 2.26. The molecule has 2 aromatic carbocycles. The van der Waals surface area contributed by atoms with Gasteiger partial charge in [0.1, 0.15) is 5.82 Å². The number of aromatic nitrogens is 2. The van der Waals surface area contributed by atoms with Crippen molar-refractivity contribution in [3.05, 3.63) is 66.0 Å². The Morgan fingerprint density at radius 1 is 1.05 bits per heavy atom. The highest BCUT2D eigenvalue weighted by atomic mass is 15.1. The molecule has 0 fully saturated rings. The minimum absolute atomic E-state index is 0.255. The van der Waals surface area contributed by atoms with Crippen molar-refractivity contribution < 1.29 is 0 Å². The van der Waals surface area contributed by atoms with Gasteiger partial charge in [-0.15, -0.1) is 0 Å². The fourth-order valence-electron chi connectivity index (χ4n) is 2.71. The fraction of sp³-hybridized carbons (Fsp3) is 0.235. The Bertz CT molecular complexity index is 701. The normalized spacial score (nSPS) is 12.7. The lowest BCUT2D eigenvalue weighted by Gasteiger charge is -2.18. The molecule has 3 rings (SSSR count). The SMILES string of the molecule is CC(c1ccccc1)n1c(CCN)nc2ccccc21. The quantitative estimate of drug-likeness (QED) is 0.787. The van der Waals surface area contributed by atoms with E-state index in [-0.39, 0.29) is 6.04 Å². The van der Waals surface area contributed by atoms with Gasteiger partial charge < -0.3 is 10.3 Å². The summed E-state index contributed by atoms with van der Waals surface area (Å²) in [4.78, 5) is 4.73. The van der Waals surface area contributed by atoms with E-state index in [0.717, 1.165) is 17.8 Å². The van der Waals surface area contributed by atoms with Crippen LogP contribution in [0, 0.1) is 0 Å². The smallest absolute Gasteiger partial charge is 0.111 e. The van der Waals surface area contributed by atoms with Crippen LogP contribution < -0.4 is 5.73 Å². The molecular formula is C17H19N3. The lowest BCUT2D eigenvalue weighted by atomic mass is 10.1. The molecule has 0 saturated heterocycles. The summed E-state index contributed by atoms with van der Waals surface area (Å²) in [5, 5.41) is 0. The molecule has 2 N–H and O–H groups in total. The third-order valence-corrected chi connectivity index (χ3v) is 3.71. The van der Waals surface area contributed by atoms with Gasteiger partial charge in [-0.05, 0) is 31.2 Å². The van der Waals surface area contributed by atoms with Crippen LogP contribution in [0.1, 0.15) is 24.4 Å². The summed E-state index contributed by atoms with van der Waals surface area (Å²) in [7, 11) is 0. The Morgan fingerprint density at radius 2 is 1.75 bits per heavy atom. The molecule has 0 bridgehead atoms. The minimum atomic E-state index is 0.255. The van der Waals surface area contributed by atoms with Gasteiger partial charge in [-0.25, -0.2) is 4.98 Å². The Kier molecular flexibility index (Phi) is 3.52. The fourth-order valence-corrected chi connectivity index (χ4v) is 2.71. The maximum absolute atomic E-state index is 5.74. The van der Waals surface area contributed by atoms with E-state index in [1.54, 1.807) is 0 Å². The summed E-state index contributed by atoms with van der Waals surface area (Å²) >= 11 is 0. The van der Waals surface area contributed by atoms with Crippen molar-refractivity contribution in [1.29, 1.82) is 0 Å². The number of hydrogen-bond donors (Lipinski definition) is 1. The standard InChI is InChI=1S/C17H19N3/c1-13(14-7-3-2-4-8-14)20-16-10-6-5-9-15(16)19-17(20)11-12-18/h2-10,13H,11-12,18H2,1H3. The van der Waals surface area contributed by atoms with Crippen molar-refractivity contribution in [2.24, 2.45) is 5.73 Å². The number of hydrogen-bond acceptors (Lipinski definition) is 2. The van der Waals surface area contributed by atoms with E-state index in [2.05, 4.69) is 54.0 Å². The second kappa shape index (κ2) is 5.47. The number of rotatable bonds is 4. The minimum Gasteiger partial charge on any atom is -0.330 e. The van der Waals surface area contributed by atoms with E-state index < -0.39 is 0 Å². The maximum Gasteiger partial charge on any atom is 0.111 e. The zero-order chi connectivity index (χ0) is 13.9. The predicted octanol–water partition coefficient (Wildman–Crippen LogP) is 3.15. The average molecular weight is 265 g/mol. The molecule has 0 saturated carbocycles.